The number of rotatable bonds is 6. The molecule has 0 aliphatic heterocycles. The van der Waals surface area contributed by atoms with E-state index >= 15 is 0 Å². The second-order valence-corrected chi connectivity index (χ2v) is 8.21. The molecular formula is C19H24BrN7O. The molecule has 3 aromatic rings. The number of nitrogens with zero attached hydrogens (tertiary/aromatic N) is 5. The summed E-state index contributed by atoms with van der Waals surface area (Å²) in [4.78, 5) is 12.9. The third kappa shape index (κ3) is 4.10. The number of nitrogens with one attached hydrogen (secondary N) is 1. The van der Waals surface area contributed by atoms with Crippen LogP contribution in [0.1, 0.15) is 36.9 Å². The number of fused-ring (bicyclic) bond motifs is 1. The van der Waals surface area contributed by atoms with Crippen LogP contribution < -0.4 is 11.1 Å². The standard InChI is InChI=1S/C19H24BrN7O/c20-16-10-25-27-17(22-7-12-8-23-19(21)24-9-12)6-15(26-18(16)27)5-13-3-1-2-4-14(13)11-28/h6,8-10,13-14,22,28H,1-5,7,11H2,(H2,21,23,24)/t13-,14+/m1/s1. The average Bonchev–Trinajstić information content (AvgIpc) is 3.09. The van der Waals surface area contributed by atoms with E-state index < -0.39 is 0 Å². The molecule has 0 bridgehead atoms. The Hall–Kier alpha value is -2.26. The largest absolute Gasteiger partial charge is 0.396 e. The number of halogens is 1. The highest BCUT2D eigenvalue weighted by atomic mass is 79.9. The van der Waals surface area contributed by atoms with E-state index in [9.17, 15) is 5.11 Å². The van der Waals surface area contributed by atoms with E-state index in [-0.39, 0.29) is 12.6 Å². The fourth-order valence-electron chi connectivity index (χ4n) is 3.93. The highest BCUT2D eigenvalue weighted by molar-refractivity contribution is 9.10. The highest BCUT2D eigenvalue weighted by Crippen LogP contribution is 2.33. The SMILES string of the molecule is Nc1ncc(CNc2cc(C[C@H]3CCCC[C@H]3CO)nc3c(Br)cnn23)cn1. The predicted molar refractivity (Wildman–Crippen MR) is 111 cm³/mol. The van der Waals surface area contributed by atoms with E-state index in [4.69, 9.17) is 10.7 Å². The van der Waals surface area contributed by atoms with Crippen LogP contribution in [0, 0.1) is 11.8 Å². The van der Waals surface area contributed by atoms with Crippen molar-refractivity contribution in [2.24, 2.45) is 11.8 Å². The summed E-state index contributed by atoms with van der Waals surface area (Å²) in [6.07, 6.45) is 10.7. The molecule has 28 heavy (non-hydrogen) atoms. The minimum absolute atomic E-state index is 0.255. The van der Waals surface area contributed by atoms with Crippen LogP contribution in [-0.2, 0) is 13.0 Å². The third-order valence-corrected chi connectivity index (χ3v) is 6.01. The zero-order valence-corrected chi connectivity index (χ0v) is 17.1. The molecule has 0 spiro atoms. The molecule has 0 radical (unpaired) electrons. The Morgan fingerprint density at radius 1 is 1.18 bits per heavy atom. The van der Waals surface area contributed by atoms with Gasteiger partial charge in [-0.2, -0.15) is 9.61 Å². The van der Waals surface area contributed by atoms with E-state index in [1.807, 2.05) is 6.07 Å². The smallest absolute Gasteiger partial charge is 0.219 e. The third-order valence-electron chi connectivity index (χ3n) is 5.45. The lowest BCUT2D eigenvalue weighted by atomic mass is 9.77. The van der Waals surface area contributed by atoms with Crippen LogP contribution in [-0.4, -0.2) is 36.3 Å². The van der Waals surface area contributed by atoms with Gasteiger partial charge in [0.25, 0.3) is 0 Å². The first kappa shape index (κ1) is 19.1. The minimum atomic E-state index is 0.255. The minimum Gasteiger partial charge on any atom is -0.396 e. The lowest BCUT2D eigenvalue weighted by molar-refractivity contribution is 0.134. The van der Waals surface area contributed by atoms with Crippen molar-refractivity contribution in [2.45, 2.75) is 38.6 Å². The second-order valence-electron chi connectivity index (χ2n) is 7.36. The fourth-order valence-corrected chi connectivity index (χ4v) is 4.28. The topological polar surface area (TPSA) is 114 Å². The molecule has 4 N–H and O–H groups in total. The number of hydrogen-bond donors (Lipinski definition) is 3. The average molecular weight is 446 g/mol. The number of hydrogen-bond acceptors (Lipinski definition) is 7. The van der Waals surface area contributed by atoms with Gasteiger partial charge in [0.05, 0.1) is 10.7 Å². The van der Waals surface area contributed by atoms with Crippen molar-refractivity contribution in [1.29, 1.82) is 0 Å². The molecule has 9 heteroatoms. The normalized spacial score (nSPS) is 19.8. The number of aliphatic hydroxyl groups is 1. The maximum Gasteiger partial charge on any atom is 0.219 e. The molecule has 0 unspecified atom stereocenters. The van der Waals surface area contributed by atoms with Crippen LogP contribution >= 0.6 is 15.9 Å². The maximum atomic E-state index is 9.73. The summed E-state index contributed by atoms with van der Waals surface area (Å²) in [7, 11) is 0. The van der Waals surface area contributed by atoms with E-state index in [0.29, 0.717) is 18.4 Å². The number of anilines is 2. The highest BCUT2D eigenvalue weighted by Gasteiger charge is 2.25. The van der Waals surface area contributed by atoms with Crippen molar-refractivity contribution in [3.63, 3.8) is 0 Å². The van der Waals surface area contributed by atoms with Crippen molar-refractivity contribution in [3.8, 4) is 0 Å². The molecule has 1 aliphatic rings. The van der Waals surface area contributed by atoms with Gasteiger partial charge >= 0.3 is 0 Å². The number of aliphatic hydroxyl groups excluding tert-OH is 1. The second kappa shape index (κ2) is 8.40. The summed E-state index contributed by atoms with van der Waals surface area (Å²) in [5.74, 6) is 1.95. The predicted octanol–water partition coefficient (Wildman–Crippen LogP) is 2.82. The van der Waals surface area contributed by atoms with Crippen molar-refractivity contribution < 1.29 is 5.11 Å². The first-order valence-corrected chi connectivity index (χ1v) is 10.4. The molecule has 3 aromatic heterocycles. The molecule has 8 nitrogen and oxygen atoms in total. The Bertz CT molecular complexity index is 943. The van der Waals surface area contributed by atoms with Crippen LogP contribution in [0.15, 0.2) is 29.1 Å². The van der Waals surface area contributed by atoms with Crippen molar-refractivity contribution in [2.75, 3.05) is 17.7 Å². The molecule has 0 amide bonds. The summed E-state index contributed by atoms with van der Waals surface area (Å²) in [5.41, 5.74) is 8.28. The zero-order chi connectivity index (χ0) is 19.5. The van der Waals surface area contributed by atoms with Crippen LogP contribution in [0.3, 0.4) is 0 Å². The Balaban J connectivity index is 1.59. The van der Waals surface area contributed by atoms with Crippen LogP contribution in [0.25, 0.3) is 5.65 Å². The maximum absolute atomic E-state index is 9.73. The number of aromatic nitrogens is 5. The first-order chi connectivity index (χ1) is 13.6. The van der Waals surface area contributed by atoms with E-state index in [0.717, 1.165) is 46.5 Å². The number of nitrogen functional groups attached to an aromatic ring is 1. The van der Waals surface area contributed by atoms with Gasteiger partial charge in [-0.05, 0) is 47.0 Å². The molecular weight excluding hydrogens is 422 g/mol. The molecule has 0 saturated heterocycles. The zero-order valence-electron chi connectivity index (χ0n) is 15.6. The van der Waals surface area contributed by atoms with Crippen LogP contribution in [0.5, 0.6) is 0 Å². The lowest BCUT2D eigenvalue weighted by Crippen LogP contribution is -2.25. The van der Waals surface area contributed by atoms with Crippen LogP contribution in [0.4, 0.5) is 11.8 Å². The quantitative estimate of drug-likeness (QED) is 0.534. The molecule has 1 fully saturated rings. The van der Waals surface area contributed by atoms with Gasteiger partial charge in [-0.3, -0.25) is 0 Å². The van der Waals surface area contributed by atoms with Gasteiger partial charge in [0.15, 0.2) is 5.65 Å². The summed E-state index contributed by atoms with van der Waals surface area (Å²) >= 11 is 3.54. The van der Waals surface area contributed by atoms with Gasteiger partial charge in [0.1, 0.15) is 5.82 Å². The van der Waals surface area contributed by atoms with Crippen molar-refractivity contribution >= 4 is 33.3 Å². The van der Waals surface area contributed by atoms with Gasteiger partial charge < -0.3 is 16.2 Å². The molecule has 3 heterocycles. The van der Waals surface area contributed by atoms with Gasteiger partial charge in [-0.1, -0.05) is 12.8 Å². The van der Waals surface area contributed by atoms with Gasteiger partial charge in [0, 0.05) is 42.9 Å². The van der Waals surface area contributed by atoms with Crippen molar-refractivity contribution in [1.82, 2.24) is 24.6 Å². The molecule has 1 saturated carbocycles. The Labute approximate surface area is 171 Å². The first-order valence-electron chi connectivity index (χ1n) is 9.58. The Morgan fingerprint density at radius 2 is 1.93 bits per heavy atom. The van der Waals surface area contributed by atoms with Crippen LogP contribution in [0.2, 0.25) is 0 Å². The van der Waals surface area contributed by atoms with E-state index in [2.05, 4.69) is 36.3 Å². The lowest BCUT2D eigenvalue weighted by Gasteiger charge is -2.30. The molecule has 2 atom stereocenters. The summed E-state index contributed by atoms with van der Waals surface area (Å²) in [6, 6.07) is 2.05. The summed E-state index contributed by atoms with van der Waals surface area (Å²) < 4.78 is 2.64. The summed E-state index contributed by atoms with van der Waals surface area (Å²) in [5, 5.41) is 17.6. The molecule has 0 aromatic carbocycles. The van der Waals surface area contributed by atoms with Gasteiger partial charge in [-0.25, -0.2) is 15.0 Å². The number of nitrogens with two attached hydrogens (primary N) is 1. The van der Waals surface area contributed by atoms with Crippen molar-refractivity contribution in [3.05, 3.63) is 40.4 Å². The molecule has 4 rings (SSSR count). The monoisotopic (exact) mass is 445 g/mol. The fraction of sp³-hybridized carbons (Fsp3) is 0.474. The Kier molecular flexibility index (Phi) is 5.72. The Morgan fingerprint density at radius 3 is 2.68 bits per heavy atom. The molecule has 1 aliphatic carbocycles. The molecule has 148 valence electrons. The van der Waals surface area contributed by atoms with Gasteiger partial charge in [-0.15, -0.1) is 0 Å². The summed E-state index contributed by atoms with van der Waals surface area (Å²) in [6.45, 7) is 0.810. The van der Waals surface area contributed by atoms with E-state index in [1.165, 1.54) is 12.8 Å². The van der Waals surface area contributed by atoms with Gasteiger partial charge in [0.2, 0.25) is 5.95 Å². The van der Waals surface area contributed by atoms with E-state index in [1.54, 1.807) is 23.1 Å².